The Balaban J connectivity index is 1.96. The topological polar surface area (TPSA) is 79.1 Å². The van der Waals surface area contributed by atoms with Crippen LogP contribution in [0.2, 0.25) is 0 Å². The zero-order valence-corrected chi connectivity index (χ0v) is 21.4. The number of nitrogens with zero attached hydrogens (tertiary/aromatic N) is 2. The molecule has 4 rings (SSSR count). The van der Waals surface area contributed by atoms with Gasteiger partial charge in [-0.2, -0.15) is 0 Å². The van der Waals surface area contributed by atoms with Crippen molar-refractivity contribution in [1.82, 2.24) is 4.57 Å². The third kappa shape index (κ3) is 4.41. The second kappa shape index (κ2) is 9.92. The third-order valence-corrected chi connectivity index (χ3v) is 7.05. The molecule has 2 aromatic carbocycles. The number of ether oxygens (including phenoxy) is 3. The van der Waals surface area contributed by atoms with E-state index in [0.717, 1.165) is 5.56 Å². The number of allylic oxidation sites excluding steroid dienone is 1. The predicted octanol–water partition coefficient (Wildman–Crippen LogP) is 3.55. The summed E-state index contributed by atoms with van der Waals surface area (Å²) in [6, 6.07) is 12.8. The van der Waals surface area contributed by atoms with E-state index in [9.17, 15) is 9.59 Å². The molecule has 0 aliphatic carbocycles. The fraction of sp³-hybridized carbons (Fsp3) is 0.296. The maximum atomic E-state index is 13.7. The van der Waals surface area contributed by atoms with Gasteiger partial charge < -0.3 is 14.2 Å². The van der Waals surface area contributed by atoms with Crippen molar-refractivity contribution in [3.8, 4) is 11.5 Å². The first-order chi connectivity index (χ1) is 16.8. The van der Waals surface area contributed by atoms with E-state index >= 15 is 0 Å². The number of hydrogen-bond acceptors (Lipinski definition) is 7. The molecule has 0 N–H and O–H groups in total. The lowest BCUT2D eigenvalue weighted by atomic mass is 9.93. The van der Waals surface area contributed by atoms with Crippen LogP contribution < -0.4 is 24.4 Å². The van der Waals surface area contributed by atoms with Crippen LogP contribution >= 0.6 is 11.3 Å². The molecule has 1 atom stereocenters. The van der Waals surface area contributed by atoms with Crippen molar-refractivity contribution < 1.29 is 19.0 Å². The Morgan fingerprint density at radius 2 is 1.80 bits per heavy atom. The molecule has 1 aromatic heterocycles. The summed E-state index contributed by atoms with van der Waals surface area (Å²) >= 11 is 1.27. The molecule has 0 saturated carbocycles. The molecule has 8 heteroatoms. The van der Waals surface area contributed by atoms with Crippen molar-refractivity contribution >= 4 is 23.4 Å². The minimum absolute atomic E-state index is 0.245. The third-order valence-electron chi connectivity index (χ3n) is 6.07. The highest BCUT2D eigenvalue weighted by atomic mass is 32.1. The summed E-state index contributed by atoms with van der Waals surface area (Å²) in [5.41, 5.74) is 3.33. The molecule has 3 aromatic rings. The van der Waals surface area contributed by atoms with Crippen molar-refractivity contribution in [2.75, 3.05) is 21.3 Å². The average Bonchev–Trinajstić information content (AvgIpc) is 3.16. The van der Waals surface area contributed by atoms with Gasteiger partial charge in [0.05, 0.1) is 43.2 Å². The molecular formula is C27H28N2O5S. The number of esters is 1. The van der Waals surface area contributed by atoms with Crippen LogP contribution in [0.15, 0.2) is 63.5 Å². The minimum Gasteiger partial charge on any atom is -0.493 e. The molecule has 0 radical (unpaired) electrons. The number of benzene rings is 2. The monoisotopic (exact) mass is 492 g/mol. The van der Waals surface area contributed by atoms with Crippen LogP contribution in [0.4, 0.5) is 0 Å². The Bertz CT molecular complexity index is 1480. The van der Waals surface area contributed by atoms with Crippen molar-refractivity contribution in [1.29, 1.82) is 0 Å². The van der Waals surface area contributed by atoms with Crippen LogP contribution in [0.25, 0.3) is 6.08 Å². The fourth-order valence-electron chi connectivity index (χ4n) is 4.24. The number of hydrogen-bond donors (Lipinski definition) is 0. The Morgan fingerprint density at radius 1 is 1.09 bits per heavy atom. The van der Waals surface area contributed by atoms with Gasteiger partial charge in [-0.05, 0) is 36.1 Å². The molecule has 0 saturated heterocycles. The summed E-state index contributed by atoms with van der Waals surface area (Å²) in [6.45, 7) is 6.01. The first kappa shape index (κ1) is 24.5. The summed E-state index contributed by atoms with van der Waals surface area (Å²) in [4.78, 5) is 31.7. The van der Waals surface area contributed by atoms with Gasteiger partial charge in [0.2, 0.25) is 0 Å². The molecule has 1 aliphatic heterocycles. The van der Waals surface area contributed by atoms with Crippen LogP contribution in [0.3, 0.4) is 0 Å². The van der Waals surface area contributed by atoms with Crippen LogP contribution in [0.5, 0.6) is 11.5 Å². The molecule has 7 nitrogen and oxygen atoms in total. The first-order valence-electron chi connectivity index (χ1n) is 11.2. The van der Waals surface area contributed by atoms with Gasteiger partial charge in [-0.1, -0.05) is 61.6 Å². The molecule has 35 heavy (non-hydrogen) atoms. The zero-order chi connectivity index (χ0) is 25.3. The molecular weight excluding hydrogens is 464 g/mol. The summed E-state index contributed by atoms with van der Waals surface area (Å²) in [6.07, 6.45) is 1.77. The summed E-state index contributed by atoms with van der Waals surface area (Å²) in [5.74, 6) is 0.961. The molecule has 1 unspecified atom stereocenters. The first-order valence-corrected chi connectivity index (χ1v) is 12.0. The minimum atomic E-state index is -0.644. The average molecular weight is 493 g/mol. The van der Waals surface area contributed by atoms with Gasteiger partial charge in [-0.25, -0.2) is 9.79 Å². The number of para-hydroxylation sites is 1. The summed E-state index contributed by atoms with van der Waals surface area (Å²) in [5, 5.41) is 0. The van der Waals surface area contributed by atoms with Gasteiger partial charge in [0, 0.05) is 5.56 Å². The summed E-state index contributed by atoms with van der Waals surface area (Å²) < 4.78 is 18.0. The van der Waals surface area contributed by atoms with Crippen molar-refractivity contribution in [3.63, 3.8) is 0 Å². The number of carbonyl (C=O) groups excluding carboxylic acids is 1. The smallest absolute Gasteiger partial charge is 0.338 e. The zero-order valence-electron chi connectivity index (χ0n) is 20.6. The maximum Gasteiger partial charge on any atom is 0.338 e. The molecule has 1 aliphatic rings. The summed E-state index contributed by atoms with van der Waals surface area (Å²) in [7, 11) is 4.46. The lowest BCUT2D eigenvalue weighted by Gasteiger charge is -2.24. The van der Waals surface area contributed by atoms with Crippen molar-refractivity contribution in [3.05, 3.63) is 90.1 Å². The van der Waals surface area contributed by atoms with Gasteiger partial charge in [0.1, 0.15) is 0 Å². The van der Waals surface area contributed by atoms with E-state index in [1.165, 1.54) is 24.0 Å². The van der Waals surface area contributed by atoms with Gasteiger partial charge in [0.15, 0.2) is 16.3 Å². The Labute approximate surface area is 207 Å². The molecule has 0 bridgehead atoms. The number of methoxy groups -OCH3 is 3. The SMILES string of the molecule is COC(=O)C1=C(C)N=c2s/c(=C\c3cccc(OC)c3OC)c(=O)n2C1c1ccc(C(C)C)cc1. The lowest BCUT2D eigenvalue weighted by molar-refractivity contribution is -0.136. The lowest BCUT2D eigenvalue weighted by Crippen LogP contribution is -2.39. The second-order valence-electron chi connectivity index (χ2n) is 8.48. The van der Waals surface area contributed by atoms with Crippen molar-refractivity contribution in [2.45, 2.75) is 32.7 Å². The van der Waals surface area contributed by atoms with Crippen LogP contribution in [0.1, 0.15) is 49.4 Å². The van der Waals surface area contributed by atoms with E-state index in [2.05, 4.69) is 18.8 Å². The van der Waals surface area contributed by atoms with E-state index in [1.807, 2.05) is 36.4 Å². The van der Waals surface area contributed by atoms with Crippen LogP contribution in [0, 0.1) is 0 Å². The van der Waals surface area contributed by atoms with E-state index in [4.69, 9.17) is 14.2 Å². The highest BCUT2D eigenvalue weighted by Gasteiger charge is 2.33. The molecule has 2 heterocycles. The van der Waals surface area contributed by atoms with E-state index in [-0.39, 0.29) is 5.56 Å². The van der Waals surface area contributed by atoms with Crippen LogP contribution in [-0.4, -0.2) is 31.9 Å². The van der Waals surface area contributed by atoms with Gasteiger partial charge in [0.25, 0.3) is 5.56 Å². The Hall–Kier alpha value is -3.65. The number of rotatable bonds is 6. The predicted molar refractivity (Wildman–Crippen MR) is 136 cm³/mol. The van der Waals surface area contributed by atoms with Crippen molar-refractivity contribution in [2.24, 2.45) is 4.99 Å². The standard InChI is InChI=1S/C27H28N2O5S/c1-15(2)17-10-12-18(13-11-17)23-22(26(31)34-6)16(3)28-27-29(23)25(30)21(35-27)14-19-8-7-9-20(32-4)24(19)33-5/h7-15,23H,1-6H3/b21-14-. The quantitative estimate of drug-likeness (QED) is 0.492. The molecule has 0 amide bonds. The molecule has 182 valence electrons. The largest absolute Gasteiger partial charge is 0.493 e. The van der Waals surface area contributed by atoms with Crippen LogP contribution in [-0.2, 0) is 9.53 Å². The van der Waals surface area contributed by atoms with Gasteiger partial charge >= 0.3 is 5.97 Å². The number of aromatic nitrogens is 1. The molecule has 0 fully saturated rings. The van der Waals surface area contributed by atoms with Gasteiger partial charge in [-0.3, -0.25) is 9.36 Å². The van der Waals surface area contributed by atoms with E-state index in [0.29, 0.717) is 43.6 Å². The Kier molecular flexibility index (Phi) is 6.93. The number of thiazole rings is 1. The van der Waals surface area contributed by atoms with E-state index in [1.54, 1.807) is 37.9 Å². The normalized spacial score (nSPS) is 15.6. The maximum absolute atomic E-state index is 13.7. The highest BCUT2D eigenvalue weighted by molar-refractivity contribution is 7.07. The highest BCUT2D eigenvalue weighted by Crippen LogP contribution is 2.32. The number of fused-ring (bicyclic) bond motifs is 1. The molecule has 0 spiro atoms. The fourth-order valence-corrected chi connectivity index (χ4v) is 5.28. The number of carbonyl (C=O) groups is 1. The Morgan fingerprint density at radius 3 is 2.40 bits per heavy atom. The van der Waals surface area contributed by atoms with Gasteiger partial charge in [-0.15, -0.1) is 0 Å². The second-order valence-corrected chi connectivity index (χ2v) is 9.49. The van der Waals surface area contributed by atoms with E-state index < -0.39 is 12.0 Å².